The van der Waals surface area contributed by atoms with Gasteiger partial charge in [-0.1, -0.05) is 43.3 Å². The molecule has 0 N–H and O–H groups in total. The van der Waals surface area contributed by atoms with E-state index in [2.05, 4.69) is 57.8 Å². The Morgan fingerprint density at radius 3 is 2.57 bits per heavy atom. The fourth-order valence-electron chi connectivity index (χ4n) is 4.81. The first kappa shape index (κ1) is 23.6. The van der Waals surface area contributed by atoms with E-state index in [-0.39, 0.29) is 11.8 Å². The maximum atomic E-state index is 13.0. The summed E-state index contributed by atoms with van der Waals surface area (Å²) in [5.74, 6) is 2.14. The van der Waals surface area contributed by atoms with Crippen molar-refractivity contribution >= 4 is 38.6 Å². The van der Waals surface area contributed by atoms with Gasteiger partial charge in [-0.15, -0.1) is 0 Å². The Morgan fingerprint density at radius 2 is 1.77 bits per heavy atom. The van der Waals surface area contributed by atoms with Crippen LogP contribution in [0.25, 0.3) is 11.0 Å². The van der Waals surface area contributed by atoms with Gasteiger partial charge >= 0.3 is 0 Å². The summed E-state index contributed by atoms with van der Waals surface area (Å²) in [7, 11) is 0. The number of aromatic nitrogens is 2. The fraction of sp³-hybridized carbons (Fsp3) is 0.310. The summed E-state index contributed by atoms with van der Waals surface area (Å²) in [6.45, 7) is 4.34. The number of hydrogen-bond acceptors (Lipinski definition) is 3. The summed E-state index contributed by atoms with van der Waals surface area (Å²) in [5.41, 5.74) is 4.36. The summed E-state index contributed by atoms with van der Waals surface area (Å²) < 4.78 is 9.20. The Balaban J connectivity index is 1.28. The molecule has 0 bridgehead atoms. The molecule has 1 saturated heterocycles. The monoisotopic (exact) mass is 531 g/mol. The van der Waals surface area contributed by atoms with E-state index in [1.807, 2.05) is 47.4 Å². The molecule has 0 aliphatic carbocycles. The second-order valence-electron chi connectivity index (χ2n) is 9.02. The van der Waals surface area contributed by atoms with Gasteiger partial charge in [-0.2, -0.15) is 0 Å². The van der Waals surface area contributed by atoms with Crippen molar-refractivity contribution in [3.63, 3.8) is 0 Å². The average molecular weight is 532 g/mol. The molecule has 0 radical (unpaired) electrons. The van der Waals surface area contributed by atoms with Crippen LogP contribution < -0.4 is 9.64 Å². The van der Waals surface area contributed by atoms with Crippen LogP contribution in [-0.4, -0.2) is 28.6 Å². The van der Waals surface area contributed by atoms with Gasteiger partial charge in [0.05, 0.1) is 23.3 Å². The molecular weight excluding hydrogens is 502 g/mol. The number of hydrogen-bond donors (Lipinski definition) is 0. The number of anilines is 1. The highest BCUT2D eigenvalue weighted by Crippen LogP contribution is 2.36. The second kappa shape index (κ2) is 10.6. The Labute approximate surface area is 214 Å². The summed E-state index contributed by atoms with van der Waals surface area (Å²) in [5, 5.41) is 0. The van der Waals surface area contributed by atoms with Crippen molar-refractivity contribution in [2.75, 3.05) is 18.1 Å². The van der Waals surface area contributed by atoms with E-state index >= 15 is 0 Å². The molecule has 1 aromatic heterocycles. The van der Waals surface area contributed by atoms with Crippen LogP contribution in [-0.2, 0) is 17.8 Å². The topological polar surface area (TPSA) is 47.4 Å². The number of para-hydroxylation sites is 3. The van der Waals surface area contributed by atoms with Crippen molar-refractivity contribution in [3.05, 3.63) is 88.7 Å². The third kappa shape index (κ3) is 5.13. The molecule has 4 aromatic rings. The van der Waals surface area contributed by atoms with Gasteiger partial charge in [0.2, 0.25) is 5.91 Å². The first-order valence-electron chi connectivity index (χ1n) is 12.4. The van der Waals surface area contributed by atoms with Gasteiger partial charge < -0.3 is 14.2 Å². The molecule has 1 atom stereocenters. The van der Waals surface area contributed by atoms with E-state index in [4.69, 9.17) is 9.72 Å². The first-order chi connectivity index (χ1) is 17.1. The van der Waals surface area contributed by atoms with E-state index in [9.17, 15) is 4.79 Å². The second-order valence-corrected chi connectivity index (χ2v) is 9.87. The van der Waals surface area contributed by atoms with Gasteiger partial charge in [0.1, 0.15) is 11.6 Å². The number of halogens is 1. The molecule has 0 saturated carbocycles. The molecule has 1 amide bonds. The number of unbranched alkanes of at least 4 members (excludes halogenated alkanes) is 1. The molecule has 3 aromatic carbocycles. The number of imidazole rings is 1. The zero-order valence-electron chi connectivity index (χ0n) is 20.0. The Bertz CT molecular complexity index is 1320. The maximum absolute atomic E-state index is 13.0. The zero-order valence-corrected chi connectivity index (χ0v) is 21.6. The molecule has 1 aliphatic rings. The minimum absolute atomic E-state index is 0.0651. The minimum atomic E-state index is 0.0651. The summed E-state index contributed by atoms with van der Waals surface area (Å²) >= 11 is 3.60. The molecule has 5 rings (SSSR count). The van der Waals surface area contributed by atoms with Crippen LogP contribution in [0.2, 0.25) is 0 Å². The number of benzene rings is 3. The Morgan fingerprint density at radius 1 is 1.00 bits per heavy atom. The van der Waals surface area contributed by atoms with Crippen molar-refractivity contribution in [2.45, 2.75) is 45.1 Å². The lowest BCUT2D eigenvalue weighted by Gasteiger charge is -2.18. The first-order valence-corrected chi connectivity index (χ1v) is 13.1. The number of rotatable bonds is 9. The molecule has 6 heteroatoms. The van der Waals surface area contributed by atoms with E-state index in [0.29, 0.717) is 19.6 Å². The zero-order chi connectivity index (χ0) is 24.2. The van der Waals surface area contributed by atoms with Crippen LogP contribution in [0.4, 0.5) is 5.69 Å². The molecule has 1 unspecified atom stereocenters. The number of fused-ring (bicyclic) bond motifs is 1. The Kier molecular flexibility index (Phi) is 7.19. The number of ether oxygens (including phenoxy) is 1. The smallest absolute Gasteiger partial charge is 0.227 e. The highest BCUT2D eigenvalue weighted by atomic mass is 79.9. The van der Waals surface area contributed by atoms with Crippen LogP contribution in [0.3, 0.4) is 0 Å². The van der Waals surface area contributed by atoms with Gasteiger partial charge in [-0.25, -0.2) is 4.98 Å². The number of carbonyl (C=O) groups excluding carboxylic acids is 1. The largest absolute Gasteiger partial charge is 0.494 e. The molecule has 35 heavy (non-hydrogen) atoms. The van der Waals surface area contributed by atoms with Crippen molar-refractivity contribution in [1.29, 1.82) is 0 Å². The van der Waals surface area contributed by atoms with E-state index < -0.39 is 0 Å². The normalized spacial score (nSPS) is 15.8. The van der Waals surface area contributed by atoms with Crippen molar-refractivity contribution in [2.24, 2.45) is 0 Å². The molecular formula is C29H30BrN3O2. The molecule has 1 fully saturated rings. The highest BCUT2D eigenvalue weighted by Gasteiger charge is 2.35. The summed E-state index contributed by atoms with van der Waals surface area (Å²) in [6.07, 6.45) is 3.44. The molecule has 5 nitrogen and oxygen atoms in total. The van der Waals surface area contributed by atoms with Crippen molar-refractivity contribution < 1.29 is 9.53 Å². The van der Waals surface area contributed by atoms with Crippen LogP contribution in [0, 0.1) is 0 Å². The fourth-order valence-corrected chi connectivity index (χ4v) is 5.31. The lowest BCUT2D eigenvalue weighted by molar-refractivity contribution is -0.117. The summed E-state index contributed by atoms with van der Waals surface area (Å²) in [6, 6.07) is 24.5. The highest BCUT2D eigenvalue weighted by molar-refractivity contribution is 9.10. The standard InChI is InChI=1S/C29H30BrN3O2/c1-2-21-13-15-23(16-14-21)35-18-8-7-17-32-27-12-6-4-10-25(27)31-29(32)22-19-28(34)33(20-22)26-11-5-3-9-24(26)30/h3-6,9-16,22H,2,7-8,17-20H2,1H3. The predicted molar refractivity (Wildman–Crippen MR) is 144 cm³/mol. The van der Waals surface area contributed by atoms with E-state index in [1.54, 1.807) is 0 Å². The van der Waals surface area contributed by atoms with Gasteiger partial charge in [-0.3, -0.25) is 4.79 Å². The molecule has 2 heterocycles. The molecule has 1 aliphatic heterocycles. The van der Waals surface area contributed by atoms with Crippen LogP contribution >= 0.6 is 15.9 Å². The lowest BCUT2D eigenvalue weighted by atomic mass is 10.1. The van der Waals surface area contributed by atoms with Gasteiger partial charge in [0, 0.05) is 29.9 Å². The lowest BCUT2D eigenvalue weighted by Crippen LogP contribution is -2.25. The maximum Gasteiger partial charge on any atom is 0.227 e. The molecule has 0 spiro atoms. The number of carbonyl (C=O) groups is 1. The average Bonchev–Trinajstić information content (AvgIpc) is 3.45. The van der Waals surface area contributed by atoms with Gasteiger partial charge in [0.15, 0.2) is 0 Å². The number of amides is 1. The van der Waals surface area contributed by atoms with Gasteiger partial charge in [0.25, 0.3) is 0 Å². The van der Waals surface area contributed by atoms with Crippen LogP contribution in [0.1, 0.15) is 43.5 Å². The third-order valence-corrected chi connectivity index (χ3v) is 7.36. The predicted octanol–water partition coefficient (Wildman–Crippen LogP) is 6.74. The summed E-state index contributed by atoms with van der Waals surface area (Å²) in [4.78, 5) is 19.8. The SMILES string of the molecule is CCc1ccc(OCCCCn2c(C3CC(=O)N(c4ccccc4Br)C3)nc3ccccc32)cc1. The quantitative estimate of drug-likeness (QED) is 0.224. The minimum Gasteiger partial charge on any atom is -0.494 e. The van der Waals surface area contributed by atoms with Crippen molar-refractivity contribution in [1.82, 2.24) is 9.55 Å². The number of aryl methyl sites for hydroxylation is 2. The Hall–Kier alpha value is -3.12. The number of nitrogens with zero attached hydrogens (tertiary/aromatic N) is 3. The van der Waals surface area contributed by atoms with Crippen LogP contribution in [0.5, 0.6) is 5.75 Å². The molecule has 180 valence electrons. The van der Waals surface area contributed by atoms with Gasteiger partial charge in [-0.05, 0) is 77.2 Å². The van der Waals surface area contributed by atoms with E-state index in [0.717, 1.165) is 58.6 Å². The van der Waals surface area contributed by atoms with Crippen LogP contribution in [0.15, 0.2) is 77.3 Å². The third-order valence-electron chi connectivity index (χ3n) is 6.69. The van der Waals surface area contributed by atoms with Crippen molar-refractivity contribution in [3.8, 4) is 5.75 Å². The van der Waals surface area contributed by atoms with E-state index in [1.165, 1.54) is 5.56 Å².